The van der Waals surface area contributed by atoms with Crippen molar-refractivity contribution in [3.8, 4) is 0 Å². The highest BCUT2D eigenvalue weighted by atomic mass is 19.4. The van der Waals surface area contributed by atoms with Gasteiger partial charge in [-0.2, -0.15) is 13.2 Å². The lowest BCUT2D eigenvalue weighted by molar-refractivity contribution is -0.138. The molecule has 2 unspecified atom stereocenters. The van der Waals surface area contributed by atoms with Crippen LogP contribution in [0.4, 0.5) is 13.2 Å². The Morgan fingerprint density at radius 3 is 2.67 bits per heavy atom. The minimum absolute atomic E-state index is 0.339. The van der Waals surface area contributed by atoms with Crippen LogP contribution in [-0.2, 0) is 19.0 Å². The van der Waals surface area contributed by atoms with Gasteiger partial charge in [-0.3, -0.25) is 0 Å². The number of halogens is 3. The topological polar surface area (TPSA) is 12.0 Å². The molecule has 18 heavy (non-hydrogen) atoms. The Balaban J connectivity index is 1.88. The smallest absolute Gasteiger partial charge is 0.314 e. The van der Waals surface area contributed by atoms with Crippen LogP contribution in [0.2, 0.25) is 0 Å². The van der Waals surface area contributed by atoms with Gasteiger partial charge in [0, 0.05) is 6.04 Å². The van der Waals surface area contributed by atoms with E-state index in [2.05, 4.69) is 5.32 Å². The van der Waals surface area contributed by atoms with E-state index in [1.807, 2.05) is 6.07 Å². The van der Waals surface area contributed by atoms with Crippen molar-refractivity contribution in [1.82, 2.24) is 5.32 Å². The molecule has 0 spiro atoms. The van der Waals surface area contributed by atoms with Gasteiger partial charge in [0.05, 0.1) is 5.56 Å². The molecule has 1 aliphatic heterocycles. The number of hydrogen-bond donors (Lipinski definition) is 1. The van der Waals surface area contributed by atoms with Crippen LogP contribution in [0.3, 0.4) is 0 Å². The summed E-state index contributed by atoms with van der Waals surface area (Å²) in [7, 11) is 0. The normalized spacial score (nSPS) is 27.5. The van der Waals surface area contributed by atoms with Crippen LogP contribution in [0.1, 0.15) is 29.5 Å². The number of hydrogen-bond acceptors (Lipinski definition) is 1. The molecule has 2 aliphatic rings. The van der Waals surface area contributed by atoms with E-state index in [1.165, 1.54) is 12.1 Å². The third-order valence-electron chi connectivity index (χ3n) is 4.19. The van der Waals surface area contributed by atoms with Crippen molar-refractivity contribution < 1.29 is 13.2 Å². The monoisotopic (exact) mass is 255 g/mol. The van der Waals surface area contributed by atoms with Crippen molar-refractivity contribution in [1.29, 1.82) is 0 Å². The second-order valence-electron chi connectivity index (χ2n) is 5.31. The average molecular weight is 255 g/mol. The maximum absolute atomic E-state index is 12.9. The average Bonchev–Trinajstić information content (AvgIpc) is 2.95. The third kappa shape index (κ3) is 2.03. The predicted octanol–water partition coefficient (Wildman–Crippen LogP) is 3.17. The maximum atomic E-state index is 12.9. The minimum atomic E-state index is -4.22. The van der Waals surface area contributed by atoms with E-state index in [-0.39, 0.29) is 0 Å². The highest BCUT2D eigenvalue weighted by molar-refractivity contribution is 5.41. The van der Waals surface area contributed by atoms with E-state index in [0.29, 0.717) is 23.9 Å². The van der Waals surface area contributed by atoms with Gasteiger partial charge in [-0.05, 0) is 55.3 Å². The second-order valence-corrected chi connectivity index (χ2v) is 5.31. The Labute approximate surface area is 104 Å². The first-order valence-electron chi connectivity index (χ1n) is 6.47. The molecule has 98 valence electrons. The summed E-state index contributed by atoms with van der Waals surface area (Å²) >= 11 is 0. The quantitative estimate of drug-likeness (QED) is 0.812. The lowest BCUT2D eigenvalue weighted by atomic mass is 9.95. The van der Waals surface area contributed by atoms with Crippen LogP contribution in [-0.4, -0.2) is 12.6 Å². The second kappa shape index (κ2) is 4.26. The SMILES string of the molecule is FC(F)(F)c1cccc2c1CC(C1CCCN1)C2. The Morgan fingerprint density at radius 1 is 1.17 bits per heavy atom. The first-order chi connectivity index (χ1) is 8.55. The molecule has 1 aromatic rings. The summed E-state index contributed by atoms with van der Waals surface area (Å²) in [6.07, 6.45) is -0.618. The van der Waals surface area contributed by atoms with E-state index in [0.717, 1.165) is 31.4 Å². The number of nitrogens with one attached hydrogen (secondary N) is 1. The summed E-state index contributed by atoms with van der Waals surface area (Å²) in [5.41, 5.74) is 0.993. The molecule has 1 nitrogen and oxygen atoms in total. The van der Waals surface area contributed by atoms with Gasteiger partial charge in [-0.25, -0.2) is 0 Å². The number of fused-ring (bicyclic) bond motifs is 1. The van der Waals surface area contributed by atoms with Crippen LogP contribution >= 0.6 is 0 Å². The van der Waals surface area contributed by atoms with Gasteiger partial charge in [0.1, 0.15) is 0 Å². The van der Waals surface area contributed by atoms with Crippen LogP contribution < -0.4 is 5.32 Å². The first-order valence-corrected chi connectivity index (χ1v) is 6.47. The maximum Gasteiger partial charge on any atom is 0.416 e. The van der Waals surface area contributed by atoms with E-state index >= 15 is 0 Å². The number of rotatable bonds is 1. The Hall–Kier alpha value is -1.03. The molecule has 1 saturated heterocycles. The largest absolute Gasteiger partial charge is 0.416 e. The summed E-state index contributed by atoms with van der Waals surface area (Å²) in [5.74, 6) is 0.339. The lowest BCUT2D eigenvalue weighted by Gasteiger charge is -2.18. The molecule has 1 aromatic carbocycles. The minimum Gasteiger partial charge on any atom is -0.314 e. The molecule has 1 fully saturated rings. The molecule has 1 N–H and O–H groups in total. The third-order valence-corrected chi connectivity index (χ3v) is 4.19. The highest BCUT2D eigenvalue weighted by Crippen LogP contribution is 2.40. The van der Waals surface area contributed by atoms with Crippen molar-refractivity contribution in [2.45, 2.75) is 37.9 Å². The van der Waals surface area contributed by atoms with E-state index < -0.39 is 11.7 Å². The van der Waals surface area contributed by atoms with Crippen LogP contribution in [0.5, 0.6) is 0 Å². The van der Waals surface area contributed by atoms with Gasteiger partial charge < -0.3 is 5.32 Å². The molecule has 0 saturated carbocycles. The summed E-state index contributed by atoms with van der Waals surface area (Å²) in [4.78, 5) is 0. The molecule has 1 heterocycles. The van der Waals surface area contributed by atoms with Crippen LogP contribution in [0.25, 0.3) is 0 Å². The van der Waals surface area contributed by atoms with E-state index in [1.54, 1.807) is 0 Å². The Bertz CT molecular complexity index is 447. The van der Waals surface area contributed by atoms with Gasteiger partial charge in [0.2, 0.25) is 0 Å². The van der Waals surface area contributed by atoms with Crippen LogP contribution in [0, 0.1) is 5.92 Å². The zero-order valence-electron chi connectivity index (χ0n) is 10.1. The van der Waals surface area contributed by atoms with Gasteiger partial charge in [-0.1, -0.05) is 12.1 Å². The fraction of sp³-hybridized carbons (Fsp3) is 0.571. The standard InChI is InChI=1S/C14H16F3N/c15-14(16,17)12-4-1-3-9-7-10(8-11(9)12)13-5-2-6-18-13/h1,3-4,10,13,18H,2,5-8H2. The summed E-state index contributed by atoms with van der Waals surface area (Å²) in [6, 6.07) is 4.99. The molecule has 0 amide bonds. The van der Waals surface area contributed by atoms with Crippen molar-refractivity contribution >= 4 is 0 Å². The molecular weight excluding hydrogens is 239 g/mol. The van der Waals surface area contributed by atoms with Gasteiger partial charge in [-0.15, -0.1) is 0 Å². The van der Waals surface area contributed by atoms with E-state index in [4.69, 9.17) is 0 Å². The Morgan fingerprint density at radius 2 is 2.00 bits per heavy atom. The fourth-order valence-corrected chi connectivity index (χ4v) is 3.35. The molecule has 0 bridgehead atoms. The lowest BCUT2D eigenvalue weighted by Crippen LogP contribution is -2.30. The number of alkyl halides is 3. The predicted molar refractivity (Wildman–Crippen MR) is 63.4 cm³/mol. The van der Waals surface area contributed by atoms with Gasteiger partial charge in [0.25, 0.3) is 0 Å². The summed E-state index contributed by atoms with van der Waals surface area (Å²) in [5, 5.41) is 3.41. The summed E-state index contributed by atoms with van der Waals surface area (Å²) in [6.45, 7) is 1.00. The summed E-state index contributed by atoms with van der Waals surface area (Å²) < 4.78 is 38.8. The zero-order valence-corrected chi connectivity index (χ0v) is 10.1. The highest BCUT2D eigenvalue weighted by Gasteiger charge is 2.38. The molecule has 4 heteroatoms. The molecule has 1 aliphatic carbocycles. The van der Waals surface area contributed by atoms with Gasteiger partial charge in [0.15, 0.2) is 0 Å². The van der Waals surface area contributed by atoms with Crippen LogP contribution in [0.15, 0.2) is 18.2 Å². The fourth-order valence-electron chi connectivity index (χ4n) is 3.35. The van der Waals surface area contributed by atoms with Gasteiger partial charge >= 0.3 is 6.18 Å². The van der Waals surface area contributed by atoms with Crippen molar-refractivity contribution in [2.24, 2.45) is 5.92 Å². The Kier molecular flexibility index (Phi) is 2.85. The van der Waals surface area contributed by atoms with E-state index in [9.17, 15) is 13.2 Å². The molecule has 0 radical (unpaired) electrons. The van der Waals surface area contributed by atoms with Crippen molar-refractivity contribution in [3.63, 3.8) is 0 Å². The first kappa shape index (κ1) is 12.0. The molecule has 3 rings (SSSR count). The molecule has 0 aromatic heterocycles. The van der Waals surface area contributed by atoms with Crippen molar-refractivity contribution in [2.75, 3.05) is 6.54 Å². The number of benzene rings is 1. The molecule has 2 atom stereocenters. The van der Waals surface area contributed by atoms with Crippen molar-refractivity contribution in [3.05, 3.63) is 34.9 Å². The zero-order chi connectivity index (χ0) is 12.8. The molecular formula is C14H16F3N.